The molecule has 8 N–H and O–H groups in total. The van der Waals surface area contributed by atoms with Crippen LogP contribution in [0.15, 0.2) is 73.1 Å². The van der Waals surface area contributed by atoms with Crippen molar-refractivity contribution < 1.29 is 33.6 Å². The zero-order valence-corrected chi connectivity index (χ0v) is 32.5. The van der Waals surface area contributed by atoms with Crippen molar-refractivity contribution in [2.45, 2.75) is 88.6 Å². The highest BCUT2D eigenvalue weighted by Gasteiger charge is 2.40. The molecule has 2 aromatic carbocycles. The van der Waals surface area contributed by atoms with Gasteiger partial charge in [-0.05, 0) is 60.5 Å². The number of amides is 7. The van der Waals surface area contributed by atoms with Crippen molar-refractivity contribution in [1.82, 2.24) is 36.5 Å². The molecule has 2 aliphatic rings. The van der Waals surface area contributed by atoms with Crippen LogP contribution >= 0.6 is 11.8 Å². The minimum atomic E-state index is -1.33. The van der Waals surface area contributed by atoms with E-state index in [9.17, 15) is 33.6 Å². The highest BCUT2D eigenvalue weighted by atomic mass is 32.2. The van der Waals surface area contributed by atoms with E-state index < -0.39 is 77.6 Å². The van der Waals surface area contributed by atoms with Crippen LogP contribution in [0.5, 0.6) is 0 Å². The molecule has 5 rings (SSSR count). The quantitative estimate of drug-likeness (QED) is 0.141. The fourth-order valence-electron chi connectivity index (χ4n) is 6.84. The van der Waals surface area contributed by atoms with Crippen LogP contribution in [0.2, 0.25) is 0 Å². The van der Waals surface area contributed by atoms with E-state index in [1.807, 2.05) is 50.4 Å². The summed E-state index contributed by atoms with van der Waals surface area (Å²) in [5.41, 5.74) is 7.69. The lowest BCUT2D eigenvalue weighted by Crippen LogP contribution is -2.61. The Morgan fingerprint density at radius 3 is 2.02 bits per heavy atom. The van der Waals surface area contributed by atoms with Gasteiger partial charge in [0.25, 0.3) is 5.91 Å². The molecule has 1 fully saturated rings. The standard InChI is InChI=1S/C40H50N8O7S/c1-23(2)19-33-39(54)44-29(16-18-56-3)36(51)43-28(13-14-34(41)49)35(50)47-32(21-25-22-42-27-12-8-7-11-26(25)27)38(53)46-31(20-24-9-5-4-6-10-24)37(52)45-30-15-17-48(33)40(30)55/h4-12,15,17,22-23,28-33,42H,13-14,16,18-21H2,1-3H3,(H2,41,49)(H,43,51)(H,44,54)(H,45,52)(H,46,53)(H,47,50)/t28-,29-,30+,31-,32-,33-/m0/s1. The van der Waals surface area contributed by atoms with Crippen LogP contribution < -0.4 is 32.3 Å². The number of nitrogens with two attached hydrogens (primary N) is 1. The number of hydrogen-bond acceptors (Lipinski definition) is 8. The fraction of sp³-hybridized carbons (Fsp3) is 0.425. The smallest absolute Gasteiger partial charge is 0.253 e. The molecular weight excluding hydrogens is 737 g/mol. The highest BCUT2D eigenvalue weighted by Crippen LogP contribution is 2.22. The summed E-state index contributed by atoms with van der Waals surface area (Å²) < 4.78 is 0. The topological polar surface area (TPSA) is 225 Å². The number of aromatic nitrogens is 1. The van der Waals surface area contributed by atoms with E-state index >= 15 is 0 Å². The summed E-state index contributed by atoms with van der Waals surface area (Å²) in [4.78, 5) is 101. The number of aromatic amines is 1. The number of carbonyl (C=O) groups excluding carboxylic acids is 7. The number of H-pyrrole nitrogens is 1. The van der Waals surface area contributed by atoms with Gasteiger partial charge in [0.1, 0.15) is 36.3 Å². The zero-order valence-electron chi connectivity index (χ0n) is 31.7. The number of primary amides is 1. The predicted molar refractivity (Wildman–Crippen MR) is 212 cm³/mol. The summed E-state index contributed by atoms with van der Waals surface area (Å²) in [6.07, 6.45) is 6.52. The molecule has 2 aliphatic heterocycles. The van der Waals surface area contributed by atoms with Gasteiger partial charge < -0.3 is 42.2 Å². The van der Waals surface area contributed by atoms with Gasteiger partial charge in [0.2, 0.25) is 35.4 Å². The summed E-state index contributed by atoms with van der Waals surface area (Å²) in [5.74, 6) is -4.22. The van der Waals surface area contributed by atoms with E-state index in [4.69, 9.17) is 5.73 Å². The molecule has 0 saturated carbocycles. The molecule has 0 spiro atoms. The normalized spacial score (nSPS) is 23.9. The van der Waals surface area contributed by atoms with Crippen molar-refractivity contribution in [3.05, 3.63) is 84.2 Å². The lowest BCUT2D eigenvalue weighted by Gasteiger charge is -2.31. The monoisotopic (exact) mass is 786 g/mol. The van der Waals surface area contributed by atoms with Crippen LogP contribution in [-0.4, -0.2) is 99.5 Å². The van der Waals surface area contributed by atoms with Crippen molar-refractivity contribution in [3.8, 4) is 0 Å². The third-order valence-corrected chi connectivity index (χ3v) is 10.4. The lowest BCUT2D eigenvalue weighted by atomic mass is 10.00. The zero-order chi connectivity index (χ0) is 40.4. The van der Waals surface area contributed by atoms with Crippen LogP contribution in [0.3, 0.4) is 0 Å². The van der Waals surface area contributed by atoms with Crippen molar-refractivity contribution in [2.24, 2.45) is 11.7 Å². The summed E-state index contributed by atoms with van der Waals surface area (Å²) in [7, 11) is 0. The summed E-state index contributed by atoms with van der Waals surface area (Å²) in [6, 6.07) is 9.36. The summed E-state index contributed by atoms with van der Waals surface area (Å²) in [5, 5.41) is 14.6. The molecule has 15 nitrogen and oxygen atoms in total. The molecule has 298 valence electrons. The van der Waals surface area contributed by atoms with E-state index in [0.29, 0.717) is 11.3 Å². The Labute approximate surface area is 329 Å². The van der Waals surface area contributed by atoms with E-state index in [0.717, 1.165) is 16.5 Å². The Balaban J connectivity index is 1.56. The molecule has 3 aromatic rings. The van der Waals surface area contributed by atoms with Crippen LogP contribution in [0.25, 0.3) is 10.9 Å². The maximum atomic E-state index is 14.4. The summed E-state index contributed by atoms with van der Waals surface area (Å²) >= 11 is 1.45. The van der Waals surface area contributed by atoms with Gasteiger partial charge in [-0.25, -0.2) is 0 Å². The van der Waals surface area contributed by atoms with Crippen molar-refractivity contribution in [2.75, 3.05) is 12.0 Å². The predicted octanol–water partition coefficient (Wildman–Crippen LogP) is 1.18. The molecule has 0 aliphatic carbocycles. The lowest BCUT2D eigenvalue weighted by molar-refractivity contribution is -0.140. The van der Waals surface area contributed by atoms with Crippen molar-refractivity contribution in [1.29, 1.82) is 0 Å². The first-order chi connectivity index (χ1) is 26.8. The average molecular weight is 787 g/mol. The molecule has 6 atom stereocenters. The van der Waals surface area contributed by atoms with Crippen LogP contribution in [0.1, 0.15) is 50.7 Å². The van der Waals surface area contributed by atoms with Crippen LogP contribution in [0.4, 0.5) is 0 Å². The first-order valence-electron chi connectivity index (χ1n) is 18.7. The molecule has 56 heavy (non-hydrogen) atoms. The number of fused-ring (bicyclic) bond motifs is 3. The number of hydrogen-bond donors (Lipinski definition) is 7. The molecule has 0 unspecified atom stereocenters. The Hall–Kier alpha value is -5.64. The molecule has 1 aromatic heterocycles. The number of benzene rings is 2. The molecule has 0 radical (unpaired) electrons. The minimum absolute atomic E-state index is 0.0137. The molecule has 1 saturated heterocycles. The van der Waals surface area contributed by atoms with Gasteiger partial charge in [-0.1, -0.05) is 62.4 Å². The van der Waals surface area contributed by atoms with Gasteiger partial charge in [-0.3, -0.25) is 33.6 Å². The van der Waals surface area contributed by atoms with E-state index in [2.05, 4.69) is 31.6 Å². The first kappa shape index (κ1) is 41.5. The Kier molecular flexibility index (Phi) is 14.3. The van der Waals surface area contributed by atoms with Gasteiger partial charge in [0.05, 0.1) is 0 Å². The second kappa shape index (κ2) is 19.3. The Bertz CT molecular complexity index is 1950. The van der Waals surface area contributed by atoms with E-state index in [1.54, 1.807) is 30.5 Å². The number of rotatable bonds is 12. The van der Waals surface area contributed by atoms with E-state index in [1.165, 1.54) is 28.9 Å². The van der Waals surface area contributed by atoms with Gasteiger partial charge in [0.15, 0.2) is 0 Å². The molecule has 2 bridgehead atoms. The third-order valence-electron chi connectivity index (χ3n) is 9.79. The van der Waals surface area contributed by atoms with Gasteiger partial charge in [0, 0.05) is 42.6 Å². The SMILES string of the molecule is CSCC[C@@H]1NC(=O)[C@H](CC(C)C)N2C=C[C@@H](NC(=O)[C@H](Cc3ccccc3)NC(=O)[C@H](Cc3c[nH]c4ccccc34)NC(=O)[C@H](CCC(N)=O)NC1=O)C2=O. The highest BCUT2D eigenvalue weighted by molar-refractivity contribution is 7.98. The fourth-order valence-corrected chi connectivity index (χ4v) is 7.31. The van der Waals surface area contributed by atoms with Crippen molar-refractivity contribution in [3.63, 3.8) is 0 Å². The third kappa shape index (κ3) is 10.8. The number of thioether (sulfide) groups is 1. The molecule has 7 amide bonds. The number of nitrogens with zero attached hydrogens (tertiary/aromatic N) is 1. The van der Waals surface area contributed by atoms with Gasteiger partial charge in [-0.2, -0.15) is 11.8 Å². The largest absolute Gasteiger partial charge is 0.370 e. The maximum Gasteiger partial charge on any atom is 0.253 e. The second-order valence-corrected chi connectivity index (χ2v) is 15.5. The first-order valence-corrected chi connectivity index (χ1v) is 20.1. The second-order valence-electron chi connectivity index (χ2n) is 14.5. The number of carbonyl (C=O) groups is 7. The average Bonchev–Trinajstić information content (AvgIpc) is 3.75. The Morgan fingerprint density at radius 2 is 1.34 bits per heavy atom. The van der Waals surface area contributed by atoms with Gasteiger partial charge >= 0.3 is 0 Å². The van der Waals surface area contributed by atoms with Gasteiger partial charge in [-0.15, -0.1) is 0 Å². The maximum absolute atomic E-state index is 14.4. The molecule has 3 heterocycles. The van der Waals surface area contributed by atoms with Crippen LogP contribution in [-0.2, 0) is 46.4 Å². The van der Waals surface area contributed by atoms with Crippen LogP contribution in [0, 0.1) is 5.92 Å². The van der Waals surface area contributed by atoms with E-state index in [-0.39, 0.29) is 44.4 Å². The molecular formula is C40H50N8O7S. The Morgan fingerprint density at radius 1 is 0.750 bits per heavy atom. The van der Waals surface area contributed by atoms with Crippen molar-refractivity contribution >= 4 is 64.0 Å². The number of nitrogens with one attached hydrogen (secondary N) is 6. The minimum Gasteiger partial charge on any atom is -0.370 e. The number of para-hydroxylation sites is 1. The molecule has 16 heteroatoms. The summed E-state index contributed by atoms with van der Waals surface area (Å²) in [6.45, 7) is 3.79.